The molecule has 1 saturated heterocycles. The van der Waals surface area contributed by atoms with Crippen LogP contribution in [-0.2, 0) is 0 Å². The first-order valence-corrected chi connectivity index (χ1v) is 8.46. The first-order valence-electron chi connectivity index (χ1n) is 8.46. The van der Waals surface area contributed by atoms with Gasteiger partial charge in [-0.1, -0.05) is 20.3 Å². The van der Waals surface area contributed by atoms with Crippen LogP contribution in [-0.4, -0.2) is 36.1 Å². The van der Waals surface area contributed by atoms with Crippen LogP contribution >= 0.6 is 0 Å². The van der Waals surface area contributed by atoms with Crippen molar-refractivity contribution in [3.8, 4) is 6.07 Å². The molecule has 116 valence electrons. The molecule has 1 aliphatic rings. The van der Waals surface area contributed by atoms with Crippen LogP contribution in [0.5, 0.6) is 0 Å². The van der Waals surface area contributed by atoms with Gasteiger partial charge in [0.15, 0.2) is 0 Å². The van der Waals surface area contributed by atoms with Gasteiger partial charge in [0, 0.05) is 12.6 Å². The first-order chi connectivity index (χ1) is 9.55. The Morgan fingerprint density at radius 3 is 2.70 bits per heavy atom. The summed E-state index contributed by atoms with van der Waals surface area (Å²) in [4.78, 5) is 2.59. The summed E-state index contributed by atoms with van der Waals surface area (Å²) in [6.45, 7) is 12.3. The molecule has 0 bridgehead atoms. The summed E-state index contributed by atoms with van der Waals surface area (Å²) in [5, 5.41) is 13.0. The minimum atomic E-state index is -0.323. The molecule has 1 heterocycles. The fourth-order valence-corrected chi connectivity index (χ4v) is 3.44. The highest BCUT2D eigenvalue weighted by molar-refractivity contribution is 5.06. The van der Waals surface area contributed by atoms with E-state index in [1.165, 1.54) is 32.4 Å². The molecule has 1 rings (SSSR count). The Bertz CT molecular complexity index is 308. The number of nitriles is 1. The molecule has 0 aromatic heterocycles. The van der Waals surface area contributed by atoms with E-state index in [9.17, 15) is 5.26 Å². The lowest BCUT2D eigenvalue weighted by atomic mass is 9.91. The molecule has 1 aliphatic heterocycles. The molecule has 0 aromatic carbocycles. The first kappa shape index (κ1) is 17.5. The average Bonchev–Trinajstić information content (AvgIpc) is 2.85. The van der Waals surface area contributed by atoms with Gasteiger partial charge < -0.3 is 4.90 Å². The second kappa shape index (κ2) is 8.64. The Kier molecular flexibility index (Phi) is 7.55. The largest absolute Gasteiger partial charge is 0.303 e. The van der Waals surface area contributed by atoms with E-state index in [-0.39, 0.29) is 5.54 Å². The highest BCUT2D eigenvalue weighted by Gasteiger charge is 2.28. The van der Waals surface area contributed by atoms with Crippen molar-refractivity contribution in [1.29, 1.82) is 5.26 Å². The van der Waals surface area contributed by atoms with Crippen LogP contribution in [0.25, 0.3) is 0 Å². The molecule has 1 N–H and O–H groups in total. The van der Waals surface area contributed by atoms with Gasteiger partial charge in [0.1, 0.15) is 5.54 Å². The summed E-state index contributed by atoms with van der Waals surface area (Å²) >= 11 is 0. The predicted octanol–water partition coefficient (Wildman–Crippen LogP) is 3.56. The third-order valence-electron chi connectivity index (χ3n) is 4.53. The van der Waals surface area contributed by atoms with Crippen LogP contribution in [0.3, 0.4) is 0 Å². The summed E-state index contributed by atoms with van der Waals surface area (Å²) in [7, 11) is 0. The molecule has 0 spiro atoms. The zero-order valence-corrected chi connectivity index (χ0v) is 13.9. The third-order valence-corrected chi connectivity index (χ3v) is 4.53. The minimum Gasteiger partial charge on any atom is -0.303 e. The highest BCUT2D eigenvalue weighted by atomic mass is 15.1. The van der Waals surface area contributed by atoms with Crippen molar-refractivity contribution in [3.63, 3.8) is 0 Å². The maximum atomic E-state index is 9.50. The molecule has 2 atom stereocenters. The molecular weight excluding hydrogens is 246 g/mol. The Morgan fingerprint density at radius 1 is 1.40 bits per heavy atom. The number of nitrogens with zero attached hydrogens (tertiary/aromatic N) is 2. The molecule has 0 saturated carbocycles. The number of hydrogen-bond donors (Lipinski definition) is 1. The van der Waals surface area contributed by atoms with Crippen LogP contribution in [0.15, 0.2) is 0 Å². The summed E-state index contributed by atoms with van der Waals surface area (Å²) in [5.41, 5.74) is -0.323. The zero-order valence-electron chi connectivity index (χ0n) is 13.9. The molecular formula is C17H33N3. The third kappa shape index (κ3) is 5.42. The van der Waals surface area contributed by atoms with Gasteiger partial charge >= 0.3 is 0 Å². The molecule has 2 unspecified atom stereocenters. The standard InChI is InChI=1S/C17H33N3/c1-5-8-16-9-12-20(13-16)11-7-10-17(6-2,14-18)19-15(3)4/h15-16,19H,5-13H2,1-4H3. The summed E-state index contributed by atoms with van der Waals surface area (Å²) in [5.74, 6) is 0.917. The van der Waals surface area contributed by atoms with E-state index in [4.69, 9.17) is 0 Å². The van der Waals surface area contributed by atoms with E-state index in [1.807, 2.05) is 0 Å². The monoisotopic (exact) mass is 279 g/mol. The summed E-state index contributed by atoms with van der Waals surface area (Å²) in [6, 6.07) is 2.89. The van der Waals surface area contributed by atoms with Crippen molar-refractivity contribution in [1.82, 2.24) is 10.2 Å². The Balaban J connectivity index is 2.33. The minimum absolute atomic E-state index is 0.323. The van der Waals surface area contributed by atoms with E-state index in [0.717, 1.165) is 31.7 Å². The van der Waals surface area contributed by atoms with Gasteiger partial charge in [-0.2, -0.15) is 5.26 Å². The van der Waals surface area contributed by atoms with Crippen LogP contribution in [0, 0.1) is 17.2 Å². The molecule has 0 aromatic rings. The normalized spacial score (nSPS) is 22.9. The van der Waals surface area contributed by atoms with Gasteiger partial charge in [0.05, 0.1) is 6.07 Å². The quantitative estimate of drug-likeness (QED) is 0.701. The Hall–Kier alpha value is -0.590. The summed E-state index contributed by atoms with van der Waals surface area (Å²) < 4.78 is 0. The maximum Gasteiger partial charge on any atom is 0.106 e. The van der Waals surface area contributed by atoms with Gasteiger partial charge in [-0.15, -0.1) is 0 Å². The zero-order chi connectivity index (χ0) is 15.0. The highest BCUT2D eigenvalue weighted by Crippen LogP contribution is 2.23. The van der Waals surface area contributed by atoms with Crippen molar-refractivity contribution >= 4 is 0 Å². The van der Waals surface area contributed by atoms with Crippen molar-refractivity contribution in [2.24, 2.45) is 5.92 Å². The van der Waals surface area contributed by atoms with Gasteiger partial charge in [0.2, 0.25) is 0 Å². The molecule has 0 aliphatic carbocycles. The fraction of sp³-hybridized carbons (Fsp3) is 0.941. The van der Waals surface area contributed by atoms with E-state index in [2.05, 4.69) is 44.0 Å². The van der Waals surface area contributed by atoms with Crippen LogP contribution < -0.4 is 5.32 Å². The lowest BCUT2D eigenvalue weighted by Crippen LogP contribution is -2.47. The fourth-order valence-electron chi connectivity index (χ4n) is 3.44. The van der Waals surface area contributed by atoms with Gasteiger partial charge in [-0.05, 0) is 65.0 Å². The second-order valence-corrected chi connectivity index (χ2v) is 6.69. The topological polar surface area (TPSA) is 39.1 Å². The van der Waals surface area contributed by atoms with Crippen molar-refractivity contribution in [2.45, 2.75) is 77.8 Å². The number of likely N-dealkylation sites (tertiary alicyclic amines) is 1. The van der Waals surface area contributed by atoms with E-state index in [1.54, 1.807) is 0 Å². The Labute approximate surface area is 125 Å². The van der Waals surface area contributed by atoms with Gasteiger partial charge in [-0.3, -0.25) is 5.32 Å². The van der Waals surface area contributed by atoms with E-state index >= 15 is 0 Å². The molecule has 3 nitrogen and oxygen atoms in total. The molecule has 3 heteroatoms. The van der Waals surface area contributed by atoms with E-state index in [0.29, 0.717) is 6.04 Å². The number of nitrogens with one attached hydrogen (secondary N) is 1. The maximum absolute atomic E-state index is 9.50. The van der Waals surface area contributed by atoms with Crippen LogP contribution in [0.2, 0.25) is 0 Å². The van der Waals surface area contributed by atoms with Gasteiger partial charge in [0.25, 0.3) is 0 Å². The number of hydrogen-bond acceptors (Lipinski definition) is 3. The van der Waals surface area contributed by atoms with Crippen LogP contribution in [0.1, 0.15) is 66.2 Å². The van der Waals surface area contributed by atoms with E-state index < -0.39 is 0 Å². The summed E-state index contributed by atoms with van der Waals surface area (Å²) in [6.07, 6.45) is 7.04. The lowest BCUT2D eigenvalue weighted by molar-refractivity contribution is 0.278. The van der Waals surface area contributed by atoms with Crippen molar-refractivity contribution in [3.05, 3.63) is 0 Å². The molecule has 0 amide bonds. The average molecular weight is 279 g/mol. The smallest absolute Gasteiger partial charge is 0.106 e. The predicted molar refractivity (Wildman–Crippen MR) is 85.6 cm³/mol. The van der Waals surface area contributed by atoms with Crippen molar-refractivity contribution in [2.75, 3.05) is 19.6 Å². The molecule has 0 radical (unpaired) electrons. The van der Waals surface area contributed by atoms with Crippen LogP contribution in [0.4, 0.5) is 0 Å². The molecule has 20 heavy (non-hydrogen) atoms. The van der Waals surface area contributed by atoms with Gasteiger partial charge in [-0.25, -0.2) is 0 Å². The Morgan fingerprint density at radius 2 is 2.15 bits per heavy atom. The number of rotatable bonds is 9. The SMILES string of the molecule is CCCC1CCN(CCCC(C#N)(CC)NC(C)C)C1. The lowest BCUT2D eigenvalue weighted by Gasteiger charge is -2.29. The van der Waals surface area contributed by atoms with Crippen molar-refractivity contribution < 1.29 is 0 Å². The second-order valence-electron chi connectivity index (χ2n) is 6.69. The molecule has 1 fully saturated rings.